The Morgan fingerprint density at radius 3 is 2.55 bits per heavy atom. The van der Waals surface area contributed by atoms with Crippen LogP contribution in [-0.2, 0) is 9.59 Å². The molecule has 0 saturated carbocycles. The monoisotopic (exact) mass is 281 g/mol. The van der Waals surface area contributed by atoms with Gasteiger partial charge in [-0.25, -0.2) is 4.39 Å². The van der Waals surface area contributed by atoms with Gasteiger partial charge in [0.15, 0.2) is 0 Å². The molecule has 108 valence electrons. The molecular formula is C14H16FNO4. The maximum atomic E-state index is 13.0. The Hall–Kier alpha value is -1.95. The van der Waals surface area contributed by atoms with Crippen LogP contribution in [0.3, 0.4) is 0 Å². The quantitative estimate of drug-likeness (QED) is 0.849. The molecule has 0 spiro atoms. The zero-order chi connectivity index (χ0) is 14.7. The number of nitrogens with zero attached hydrogens (tertiary/aromatic N) is 1. The van der Waals surface area contributed by atoms with Crippen molar-refractivity contribution in [1.29, 1.82) is 0 Å². The van der Waals surface area contributed by atoms with Crippen molar-refractivity contribution in [3.05, 3.63) is 35.6 Å². The minimum absolute atomic E-state index is 0.106. The number of carboxylic acids is 1. The molecule has 2 N–H and O–H groups in total. The van der Waals surface area contributed by atoms with Crippen molar-refractivity contribution in [2.75, 3.05) is 13.2 Å². The highest BCUT2D eigenvalue weighted by molar-refractivity contribution is 5.80. The highest BCUT2D eigenvalue weighted by atomic mass is 19.1. The molecular weight excluding hydrogens is 265 g/mol. The first-order chi connectivity index (χ1) is 9.51. The molecule has 1 aromatic rings. The molecule has 1 saturated heterocycles. The second kappa shape index (κ2) is 6.00. The average molecular weight is 281 g/mol. The number of halogens is 1. The maximum absolute atomic E-state index is 13.0. The zero-order valence-corrected chi connectivity index (χ0v) is 10.8. The van der Waals surface area contributed by atoms with Crippen LogP contribution in [0.25, 0.3) is 0 Å². The van der Waals surface area contributed by atoms with E-state index in [-0.39, 0.29) is 31.3 Å². The standard InChI is InChI=1S/C14H16FNO4/c15-11-3-1-10(2-4-11)12(6-14(19)20)16-7-9(8-17)5-13(16)18/h1-4,9,12,17H,5-8H2,(H,19,20). The number of hydrogen-bond donors (Lipinski definition) is 2. The molecule has 1 fully saturated rings. The molecule has 20 heavy (non-hydrogen) atoms. The van der Waals surface area contributed by atoms with Crippen LogP contribution in [0, 0.1) is 11.7 Å². The molecule has 0 aromatic heterocycles. The van der Waals surface area contributed by atoms with Crippen LogP contribution in [0.5, 0.6) is 0 Å². The minimum atomic E-state index is -1.03. The van der Waals surface area contributed by atoms with E-state index in [0.717, 1.165) is 0 Å². The zero-order valence-electron chi connectivity index (χ0n) is 10.8. The Balaban J connectivity index is 2.26. The molecule has 1 aromatic carbocycles. The Morgan fingerprint density at radius 1 is 1.40 bits per heavy atom. The van der Waals surface area contributed by atoms with E-state index in [4.69, 9.17) is 10.2 Å². The Labute approximate surface area is 115 Å². The van der Waals surface area contributed by atoms with Crippen molar-refractivity contribution in [2.45, 2.75) is 18.9 Å². The number of carbonyl (C=O) groups excluding carboxylic acids is 1. The van der Waals surface area contributed by atoms with E-state index in [1.807, 2.05) is 0 Å². The van der Waals surface area contributed by atoms with E-state index in [0.29, 0.717) is 12.1 Å². The van der Waals surface area contributed by atoms with Gasteiger partial charge in [-0.2, -0.15) is 0 Å². The van der Waals surface area contributed by atoms with Crippen molar-refractivity contribution in [2.24, 2.45) is 5.92 Å². The van der Waals surface area contributed by atoms with Crippen LogP contribution in [-0.4, -0.2) is 40.1 Å². The molecule has 0 bridgehead atoms. The predicted octanol–water partition coefficient (Wildman–Crippen LogP) is 1.18. The van der Waals surface area contributed by atoms with Gasteiger partial charge in [-0.15, -0.1) is 0 Å². The highest BCUT2D eigenvalue weighted by Gasteiger charge is 2.35. The van der Waals surface area contributed by atoms with Crippen molar-refractivity contribution in [3.63, 3.8) is 0 Å². The third kappa shape index (κ3) is 3.14. The van der Waals surface area contributed by atoms with Crippen molar-refractivity contribution >= 4 is 11.9 Å². The summed E-state index contributed by atoms with van der Waals surface area (Å²) in [5.41, 5.74) is 0.584. The smallest absolute Gasteiger partial charge is 0.305 e. The van der Waals surface area contributed by atoms with Gasteiger partial charge in [0.1, 0.15) is 5.82 Å². The molecule has 1 aliphatic heterocycles. The summed E-state index contributed by atoms with van der Waals surface area (Å²) >= 11 is 0. The summed E-state index contributed by atoms with van der Waals surface area (Å²) in [6, 6.07) is 4.84. The van der Waals surface area contributed by atoms with Crippen LogP contribution in [0.2, 0.25) is 0 Å². The van der Waals surface area contributed by atoms with E-state index in [9.17, 15) is 14.0 Å². The number of hydrogen-bond acceptors (Lipinski definition) is 3. The lowest BCUT2D eigenvalue weighted by atomic mass is 10.0. The molecule has 5 nitrogen and oxygen atoms in total. The van der Waals surface area contributed by atoms with Gasteiger partial charge >= 0.3 is 5.97 Å². The van der Waals surface area contributed by atoms with Crippen LogP contribution in [0.4, 0.5) is 4.39 Å². The maximum Gasteiger partial charge on any atom is 0.305 e. The summed E-state index contributed by atoms with van der Waals surface area (Å²) in [7, 11) is 0. The number of aliphatic carboxylic acids is 1. The van der Waals surface area contributed by atoms with Crippen molar-refractivity contribution < 1.29 is 24.2 Å². The average Bonchev–Trinajstić information content (AvgIpc) is 2.78. The lowest BCUT2D eigenvalue weighted by Gasteiger charge is -2.27. The number of carboxylic acid groups (broad SMARTS) is 1. The van der Waals surface area contributed by atoms with E-state index >= 15 is 0 Å². The van der Waals surface area contributed by atoms with Gasteiger partial charge in [0.2, 0.25) is 5.91 Å². The largest absolute Gasteiger partial charge is 0.481 e. The first-order valence-electron chi connectivity index (χ1n) is 6.39. The van der Waals surface area contributed by atoms with E-state index in [1.165, 1.54) is 29.2 Å². The van der Waals surface area contributed by atoms with Crippen molar-refractivity contribution in [1.82, 2.24) is 4.90 Å². The fourth-order valence-electron chi connectivity index (χ4n) is 2.49. The van der Waals surface area contributed by atoms with Crippen molar-refractivity contribution in [3.8, 4) is 0 Å². The van der Waals surface area contributed by atoms with Gasteiger partial charge in [-0.05, 0) is 17.7 Å². The summed E-state index contributed by atoms with van der Waals surface area (Å²) in [6.45, 7) is 0.218. The van der Waals surface area contributed by atoms with Gasteiger partial charge in [0.05, 0.1) is 12.5 Å². The van der Waals surface area contributed by atoms with Crippen LogP contribution >= 0.6 is 0 Å². The first-order valence-corrected chi connectivity index (χ1v) is 6.39. The molecule has 0 aliphatic carbocycles. The van der Waals surface area contributed by atoms with Gasteiger partial charge in [-0.3, -0.25) is 9.59 Å². The van der Waals surface area contributed by atoms with Gasteiger partial charge in [0.25, 0.3) is 0 Å². The summed E-state index contributed by atoms with van der Waals surface area (Å²) in [6.07, 6.45) is -0.0245. The van der Waals surface area contributed by atoms with Gasteiger partial charge in [-0.1, -0.05) is 12.1 Å². The molecule has 2 atom stereocenters. The number of likely N-dealkylation sites (tertiary alicyclic amines) is 1. The Morgan fingerprint density at radius 2 is 2.05 bits per heavy atom. The van der Waals surface area contributed by atoms with Crippen LogP contribution in [0.1, 0.15) is 24.4 Å². The summed E-state index contributed by atoms with van der Waals surface area (Å²) < 4.78 is 13.0. The fourth-order valence-corrected chi connectivity index (χ4v) is 2.49. The number of rotatable bonds is 5. The fraction of sp³-hybridized carbons (Fsp3) is 0.429. The number of amides is 1. The molecule has 6 heteroatoms. The Kier molecular flexibility index (Phi) is 4.34. The SMILES string of the molecule is O=C(O)CC(c1ccc(F)cc1)N1CC(CO)CC1=O. The van der Waals surface area contributed by atoms with Crippen LogP contribution < -0.4 is 0 Å². The summed E-state index contributed by atoms with van der Waals surface area (Å²) in [5.74, 6) is -1.79. The first kappa shape index (κ1) is 14.5. The molecule has 1 aliphatic rings. The lowest BCUT2D eigenvalue weighted by molar-refractivity contribution is -0.139. The van der Waals surface area contributed by atoms with Gasteiger partial charge < -0.3 is 15.1 Å². The minimum Gasteiger partial charge on any atom is -0.481 e. The summed E-state index contributed by atoms with van der Waals surface area (Å²) in [5, 5.41) is 18.1. The molecule has 2 unspecified atom stereocenters. The second-order valence-electron chi connectivity index (χ2n) is 4.96. The van der Waals surface area contributed by atoms with E-state index in [2.05, 4.69) is 0 Å². The normalized spacial score (nSPS) is 20.2. The third-order valence-electron chi connectivity index (χ3n) is 3.50. The lowest BCUT2D eigenvalue weighted by Crippen LogP contribution is -2.32. The van der Waals surface area contributed by atoms with Gasteiger partial charge in [0, 0.05) is 25.5 Å². The molecule has 2 rings (SSSR count). The topological polar surface area (TPSA) is 77.8 Å². The van der Waals surface area contributed by atoms with Crippen LogP contribution in [0.15, 0.2) is 24.3 Å². The third-order valence-corrected chi connectivity index (χ3v) is 3.50. The predicted molar refractivity (Wildman–Crippen MR) is 68.3 cm³/mol. The molecule has 1 amide bonds. The molecule has 0 radical (unpaired) electrons. The van der Waals surface area contributed by atoms with E-state index in [1.54, 1.807) is 0 Å². The second-order valence-corrected chi connectivity index (χ2v) is 4.96. The Bertz CT molecular complexity index is 502. The highest BCUT2D eigenvalue weighted by Crippen LogP contribution is 2.31. The molecule has 1 heterocycles. The van der Waals surface area contributed by atoms with E-state index < -0.39 is 17.8 Å². The number of aliphatic hydroxyl groups is 1. The summed E-state index contributed by atoms with van der Waals surface area (Å²) in [4.78, 5) is 24.4. The number of carbonyl (C=O) groups is 2. The number of benzene rings is 1. The number of aliphatic hydroxyl groups excluding tert-OH is 1.